The minimum absolute atomic E-state index is 0.303. The number of nitrogens with zero attached hydrogens (tertiary/aromatic N) is 3. The van der Waals surface area contributed by atoms with Gasteiger partial charge in [-0.2, -0.15) is 0 Å². The van der Waals surface area contributed by atoms with Crippen LogP contribution < -0.4 is 9.80 Å². The molecule has 7 rings (SSSR count). The predicted molar refractivity (Wildman–Crippen MR) is 227 cm³/mol. The van der Waals surface area contributed by atoms with Crippen molar-refractivity contribution >= 4 is 29.0 Å². The molecule has 0 radical (unpaired) electrons. The third-order valence-electron chi connectivity index (χ3n) is 11.8. The predicted octanol–water partition coefficient (Wildman–Crippen LogP) is 9.59. The largest absolute Gasteiger partial charge is 0.478 e. The van der Waals surface area contributed by atoms with Crippen molar-refractivity contribution in [2.45, 2.75) is 64.2 Å². The number of hydrogen-bond acceptors (Lipinski definition) is 4. The molecule has 7 nitrogen and oxygen atoms in total. The van der Waals surface area contributed by atoms with Gasteiger partial charge in [0.05, 0.1) is 11.1 Å². The van der Waals surface area contributed by atoms with Crippen LogP contribution in [0.25, 0.3) is 0 Å². The van der Waals surface area contributed by atoms with Gasteiger partial charge in [0.2, 0.25) is 5.71 Å². The maximum absolute atomic E-state index is 12.0. The molecule has 7 heteroatoms. The van der Waals surface area contributed by atoms with Gasteiger partial charge in [0.15, 0.2) is 0 Å². The second kappa shape index (κ2) is 15.3. The molecule has 3 aliphatic rings. The van der Waals surface area contributed by atoms with Gasteiger partial charge in [0.1, 0.15) is 14.1 Å². The fourth-order valence-electron chi connectivity index (χ4n) is 8.84. The average molecular weight is 747 g/mol. The molecule has 56 heavy (non-hydrogen) atoms. The molecule has 0 bridgehead atoms. The highest BCUT2D eigenvalue weighted by atomic mass is 16.4. The molecule has 0 atom stereocenters. The van der Waals surface area contributed by atoms with E-state index in [9.17, 15) is 19.8 Å². The molecule has 2 aliphatic heterocycles. The van der Waals surface area contributed by atoms with Crippen LogP contribution in [-0.2, 0) is 23.7 Å². The summed E-state index contributed by atoms with van der Waals surface area (Å²) in [7, 11) is 4.21. The first-order chi connectivity index (χ1) is 26.8. The van der Waals surface area contributed by atoms with E-state index in [4.69, 9.17) is 0 Å². The quantitative estimate of drug-likeness (QED) is 0.157. The maximum Gasteiger partial charge on any atom is 0.335 e. The number of carbonyl (C=O) groups is 2. The Morgan fingerprint density at radius 1 is 0.607 bits per heavy atom. The Balaban J connectivity index is 1.24. The highest BCUT2D eigenvalue weighted by Crippen LogP contribution is 2.50. The van der Waals surface area contributed by atoms with Crippen LogP contribution in [0.15, 0.2) is 144 Å². The Hall–Kier alpha value is -5.95. The molecule has 4 aromatic carbocycles. The van der Waals surface area contributed by atoms with E-state index in [1.165, 1.54) is 28.0 Å². The summed E-state index contributed by atoms with van der Waals surface area (Å²) in [6.07, 6.45) is 12.6. The van der Waals surface area contributed by atoms with Crippen molar-refractivity contribution in [3.8, 4) is 0 Å². The Bertz CT molecular complexity index is 2180. The Morgan fingerprint density at radius 2 is 1.00 bits per heavy atom. The first-order valence-electron chi connectivity index (χ1n) is 19.5. The van der Waals surface area contributed by atoms with Gasteiger partial charge in [-0.1, -0.05) is 101 Å². The smallest absolute Gasteiger partial charge is 0.335 e. The number of carboxylic acids is 2. The number of aromatic carboxylic acids is 2. The lowest BCUT2D eigenvalue weighted by molar-refractivity contribution is -0.463. The zero-order valence-electron chi connectivity index (χ0n) is 33.3. The number of fused-ring (bicyclic) bond motifs is 2. The summed E-state index contributed by atoms with van der Waals surface area (Å²) in [5.74, 6) is -1.84. The number of carboxylic acid groups (broad SMARTS) is 2. The highest BCUT2D eigenvalue weighted by molar-refractivity contribution is 6.12. The number of hydrogen-bond donors (Lipinski definition) is 2. The van der Waals surface area contributed by atoms with Crippen LogP contribution in [-0.4, -0.2) is 59.6 Å². The molecule has 1 aliphatic carbocycles. The van der Waals surface area contributed by atoms with E-state index in [1.54, 1.807) is 12.1 Å². The maximum atomic E-state index is 12.0. The second-order valence-electron chi connectivity index (χ2n) is 16.3. The van der Waals surface area contributed by atoms with Gasteiger partial charge in [-0.05, 0) is 96.5 Å². The lowest BCUT2D eigenvalue weighted by Gasteiger charge is -2.27. The van der Waals surface area contributed by atoms with Crippen LogP contribution in [0.5, 0.6) is 0 Å². The zero-order valence-corrected chi connectivity index (χ0v) is 33.3. The van der Waals surface area contributed by atoms with Crippen molar-refractivity contribution in [3.63, 3.8) is 0 Å². The SMILES string of the molecule is C[N+](C)=C1C(=CC=C2N(CCc3ccccc3)c3ccc(C(=O)O)cc3C2(C)C)CCC1=CC=C1N(CCc2ccccc2)c2ccc(C(=O)O)cc2C1(C)C. The number of anilines is 2. The van der Waals surface area contributed by atoms with Crippen LogP contribution in [0, 0.1) is 0 Å². The third kappa shape index (κ3) is 7.26. The van der Waals surface area contributed by atoms with Crippen LogP contribution >= 0.6 is 0 Å². The second-order valence-corrected chi connectivity index (χ2v) is 16.3. The van der Waals surface area contributed by atoms with Gasteiger partial charge in [-0.3, -0.25) is 0 Å². The van der Waals surface area contributed by atoms with Gasteiger partial charge >= 0.3 is 11.9 Å². The summed E-state index contributed by atoms with van der Waals surface area (Å²) in [4.78, 5) is 28.8. The summed E-state index contributed by atoms with van der Waals surface area (Å²) in [6.45, 7) is 10.3. The fraction of sp³-hybridized carbons (Fsp3) is 0.286. The molecule has 0 unspecified atom stereocenters. The van der Waals surface area contributed by atoms with E-state index in [0.717, 1.165) is 72.7 Å². The topological polar surface area (TPSA) is 84.1 Å². The molecule has 0 aromatic heterocycles. The molecule has 0 spiro atoms. The van der Waals surface area contributed by atoms with Gasteiger partial charge in [-0.25, -0.2) is 14.2 Å². The van der Waals surface area contributed by atoms with Crippen LogP contribution in [0.4, 0.5) is 11.4 Å². The van der Waals surface area contributed by atoms with Crippen molar-refractivity contribution < 1.29 is 24.4 Å². The van der Waals surface area contributed by atoms with Gasteiger partial charge in [0, 0.05) is 57.8 Å². The lowest BCUT2D eigenvalue weighted by atomic mass is 9.83. The molecule has 1 fully saturated rings. The van der Waals surface area contributed by atoms with Crippen molar-refractivity contribution in [3.05, 3.63) is 177 Å². The zero-order chi connectivity index (χ0) is 39.8. The van der Waals surface area contributed by atoms with E-state index in [2.05, 4.69) is 129 Å². The summed E-state index contributed by atoms with van der Waals surface area (Å²) >= 11 is 0. The van der Waals surface area contributed by atoms with E-state index >= 15 is 0 Å². The van der Waals surface area contributed by atoms with Crippen LogP contribution in [0.3, 0.4) is 0 Å². The van der Waals surface area contributed by atoms with Crippen LogP contribution in [0.1, 0.15) is 83.5 Å². The van der Waals surface area contributed by atoms with Crippen molar-refractivity contribution in [2.24, 2.45) is 0 Å². The number of benzene rings is 4. The van der Waals surface area contributed by atoms with Crippen molar-refractivity contribution in [1.82, 2.24) is 0 Å². The summed E-state index contributed by atoms with van der Waals surface area (Å²) in [5, 5.41) is 19.7. The number of rotatable bonds is 10. The first-order valence-corrected chi connectivity index (χ1v) is 19.5. The standard InChI is InChI=1S/C49H51N3O4/c1-48(2)39-31-37(46(53)54)19-23-41(39)51(29-27-33-13-9-7-10-14-33)43(48)25-21-35-17-18-36(45(35)50(5)6)22-26-44-49(3,4)40-32-38(47(55)56)20-24-42(40)52(44)30-28-34-15-11-8-12-16-34/h7-16,19-26,31-32H,17-18,27-30H2,1-6H3,(H-,53,54,55,56)/p+1. The molecule has 1 saturated carbocycles. The molecule has 0 amide bonds. The molecular weight excluding hydrogens is 695 g/mol. The van der Waals surface area contributed by atoms with Crippen molar-refractivity contribution in [2.75, 3.05) is 37.0 Å². The number of allylic oxidation sites excluding steroid dienone is 8. The Kier molecular flexibility index (Phi) is 10.5. The summed E-state index contributed by atoms with van der Waals surface area (Å²) in [5.41, 5.74) is 12.5. The first kappa shape index (κ1) is 38.3. The van der Waals surface area contributed by atoms with Gasteiger partial charge in [-0.15, -0.1) is 0 Å². The van der Waals surface area contributed by atoms with Gasteiger partial charge in [0.25, 0.3) is 0 Å². The summed E-state index contributed by atoms with van der Waals surface area (Å²) < 4.78 is 2.21. The molecule has 4 aromatic rings. The molecule has 2 heterocycles. The van der Waals surface area contributed by atoms with Crippen LogP contribution in [0.2, 0.25) is 0 Å². The fourth-order valence-corrected chi connectivity index (χ4v) is 8.84. The highest BCUT2D eigenvalue weighted by Gasteiger charge is 2.42. The molecule has 2 N–H and O–H groups in total. The molecule has 286 valence electrons. The molecular formula is C49H52N3O4+. The normalized spacial score (nSPS) is 19.6. The van der Waals surface area contributed by atoms with Gasteiger partial charge < -0.3 is 20.0 Å². The monoisotopic (exact) mass is 746 g/mol. The molecule has 0 saturated heterocycles. The minimum Gasteiger partial charge on any atom is -0.478 e. The lowest BCUT2D eigenvalue weighted by Crippen LogP contribution is -2.28. The van der Waals surface area contributed by atoms with E-state index in [-0.39, 0.29) is 0 Å². The Morgan fingerprint density at radius 3 is 1.36 bits per heavy atom. The van der Waals surface area contributed by atoms with E-state index in [1.807, 2.05) is 36.4 Å². The average Bonchev–Trinajstić information content (AvgIpc) is 3.76. The van der Waals surface area contributed by atoms with E-state index < -0.39 is 22.8 Å². The minimum atomic E-state index is -0.918. The van der Waals surface area contributed by atoms with Crippen molar-refractivity contribution in [1.29, 1.82) is 0 Å². The third-order valence-corrected chi connectivity index (χ3v) is 11.8. The Labute approximate surface area is 330 Å². The van der Waals surface area contributed by atoms with E-state index in [0.29, 0.717) is 11.1 Å². The summed E-state index contributed by atoms with van der Waals surface area (Å²) in [6, 6.07) is 32.0.